The second kappa shape index (κ2) is 1210. The van der Waals surface area contributed by atoms with Gasteiger partial charge in [-0.2, -0.15) is 0 Å². The van der Waals surface area contributed by atoms with Gasteiger partial charge in [-0.1, -0.05) is 105 Å². The number of hydrogen-bond acceptors (Lipinski definition) is 0. The molecule has 0 N–H and O–H groups in total. The van der Waals surface area contributed by atoms with E-state index in [1.165, 1.54) is 0 Å². The minimum Gasteiger partial charge on any atom is -0.358 e. The smallest absolute Gasteiger partial charge is 0 e. The summed E-state index contributed by atoms with van der Waals surface area (Å²) in [5.74, 6) is 0. The Morgan fingerprint density at radius 1 is 0.333 bits per heavy atom. The summed E-state index contributed by atoms with van der Waals surface area (Å²) in [4.78, 5) is 0. The normalized spacial score (nSPS) is 2.00. The van der Waals surface area contributed by atoms with Crippen LogP contribution >= 0.6 is 0 Å². The SMILES string of the molecule is C.C.C.CC.CC.CC.CC.CC.CC.[Ar].[CH3-].[U]. The molecule has 0 aromatic carbocycles. The van der Waals surface area contributed by atoms with Crippen LogP contribution < -0.4 is 0 Å². The molecule has 18 heavy (non-hydrogen) atoms. The zero-order valence-electron chi connectivity index (χ0n) is 13.9. The van der Waals surface area contributed by atoms with Crippen molar-refractivity contribution < 1.29 is 68.9 Å². The summed E-state index contributed by atoms with van der Waals surface area (Å²) in [7, 11) is 0. The monoisotopic (exact) mass is 521 g/mol. The molecule has 0 atom stereocenters. The van der Waals surface area contributed by atoms with Gasteiger partial charge in [0.05, 0.1) is 0 Å². The molecule has 0 saturated heterocycles. The molecule has 0 aromatic rings. The Hall–Kier alpha value is 2.31. The van der Waals surface area contributed by atoms with Crippen LogP contribution in [0, 0.1) is 76.3 Å². The molecule has 0 saturated carbocycles. The van der Waals surface area contributed by atoms with Crippen molar-refractivity contribution in [1.29, 1.82) is 0 Å². The van der Waals surface area contributed by atoms with Gasteiger partial charge in [0, 0.05) is 68.9 Å². The van der Waals surface area contributed by atoms with Gasteiger partial charge in [0.2, 0.25) is 0 Å². The zero-order chi connectivity index (χ0) is 12.0. The van der Waals surface area contributed by atoms with Crippen molar-refractivity contribution in [2.45, 2.75) is 105 Å². The predicted molar refractivity (Wildman–Crippen MR) is 94.7 cm³/mol. The first kappa shape index (κ1) is 110. The largest absolute Gasteiger partial charge is 0.358 e. The molecule has 0 nitrogen and oxygen atoms in total. The fourth-order valence-corrected chi connectivity index (χ4v) is 0. The van der Waals surface area contributed by atoms with Crippen LogP contribution in [-0.2, 0) is 0 Å². The van der Waals surface area contributed by atoms with E-state index >= 15 is 0 Å². The summed E-state index contributed by atoms with van der Waals surface area (Å²) in [6.45, 7) is 24.0. The molecule has 0 rings (SSSR count). The fourth-order valence-electron chi connectivity index (χ4n) is 0. The van der Waals surface area contributed by atoms with E-state index in [1.807, 2.05) is 83.1 Å². The Morgan fingerprint density at radius 2 is 0.333 bits per heavy atom. The Kier molecular flexibility index (Phi) is 7380. The van der Waals surface area contributed by atoms with E-state index in [4.69, 9.17) is 0 Å². The molecule has 0 aromatic heterocycles. The third-order valence-corrected chi connectivity index (χ3v) is 0. The summed E-state index contributed by atoms with van der Waals surface area (Å²) in [5, 5.41) is 0. The molecule has 0 aliphatic rings. The van der Waals surface area contributed by atoms with Gasteiger partial charge in [-0.25, -0.2) is 0 Å². The van der Waals surface area contributed by atoms with Gasteiger partial charge in [0.25, 0.3) is 0 Å². The minimum absolute atomic E-state index is 0. The van der Waals surface area contributed by atoms with Crippen molar-refractivity contribution >= 4 is 0 Å². The van der Waals surface area contributed by atoms with Crippen LogP contribution in [0.25, 0.3) is 0 Å². The van der Waals surface area contributed by atoms with E-state index in [9.17, 15) is 0 Å². The molecule has 0 radical (unpaired) electrons. The molecular weight excluding hydrogens is 470 g/mol. The summed E-state index contributed by atoms with van der Waals surface area (Å²) >= 11 is 0. The molecule has 0 bridgehead atoms. The first-order valence-electron chi connectivity index (χ1n) is 6.00. The van der Waals surface area contributed by atoms with Crippen LogP contribution in [0.15, 0.2) is 0 Å². The van der Waals surface area contributed by atoms with Crippen molar-refractivity contribution in [3.8, 4) is 0 Å². The van der Waals surface area contributed by atoms with Crippen molar-refractivity contribution in [2.75, 3.05) is 0 Å². The summed E-state index contributed by atoms with van der Waals surface area (Å²) in [5.41, 5.74) is 0. The summed E-state index contributed by atoms with van der Waals surface area (Å²) in [6.07, 6.45) is 0. The van der Waals surface area contributed by atoms with Gasteiger partial charge in [0.1, 0.15) is 0 Å². The Morgan fingerprint density at radius 3 is 0.333 bits per heavy atom. The van der Waals surface area contributed by atoms with Crippen LogP contribution in [0.5, 0.6) is 0 Å². The standard InChI is InChI=1S/6C2H6.3CH4.CH3.Ar.U/c6*1-2;;;;;;/h6*1-2H3;3*1H4;1H3;;/q;;;;;;;;;-1;;. The van der Waals surface area contributed by atoms with Gasteiger partial charge in [-0.05, 0) is 0 Å². The van der Waals surface area contributed by atoms with Crippen LogP contribution in [0.4, 0.5) is 0 Å². The molecule has 128 valence electrons. The molecule has 0 amide bonds. The fraction of sp³-hybridized carbons (Fsp3) is 0.938. The van der Waals surface area contributed by atoms with Gasteiger partial charge in [0.15, 0.2) is 0 Å². The Balaban J connectivity index is -0.00000000225. The molecule has 0 spiro atoms. The maximum absolute atomic E-state index is 2.00. The average Bonchev–Trinajstić information content (AvgIpc) is 2.33. The van der Waals surface area contributed by atoms with E-state index in [2.05, 4.69) is 0 Å². The van der Waals surface area contributed by atoms with E-state index < -0.39 is 0 Å². The predicted octanol–water partition coefficient (Wildman–Crippen LogP) is 8.52. The van der Waals surface area contributed by atoms with E-state index in [0.29, 0.717) is 0 Å². The van der Waals surface area contributed by atoms with Crippen LogP contribution in [-0.4, -0.2) is 0 Å². The van der Waals surface area contributed by atoms with E-state index in [0.717, 1.165) is 0 Å². The van der Waals surface area contributed by atoms with Crippen LogP contribution in [0.1, 0.15) is 105 Å². The Bertz CT molecular complexity index is 11.1. The first-order chi connectivity index (χ1) is 6.00. The molecule has 0 fully saturated rings. The quantitative estimate of drug-likeness (QED) is 0.280. The molecule has 0 unspecified atom stereocenters. The molecular formula is C16H51ArU-. The van der Waals surface area contributed by atoms with Crippen molar-refractivity contribution in [1.82, 2.24) is 0 Å². The average molecular weight is 522 g/mol. The molecule has 0 aliphatic carbocycles. The first-order valence-corrected chi connectivity index (χ1v) is 6.00. The third-order valence-electron chi connectivity index (χ3n) is 0. The topological polar surface area (TPSA) is 0 Å². The number of hydrogen-bond donors (Lipinski definition) is 0. The summed E-state index contributed by atoms with van der Waals surface area (Å²) in [6, 6.07) is 0. The summed E-state index contributed by atoms with van der Waals surface area (Å²) < 4.78 is 0. The molecule has 0 aliphatic heterocycles. The van der Waals surface area contributed by atoms with Gasteiger partial charge < -0.3 is 7.43 Å². The third kappa shape index (κ3) is 1030. The van der Waals surface area contributed by atoms with Gasteiger partial charge in [-0.15, -0.1) is 0 Å². The van der Waals surface area contributed by atoms with Gasteiger partial charge >= 0.3 is 0 Å². The second-order valence-corrected chi connectivity index (χ2v) is 0. The van der Waals surface area contributed by atoms with Crippen LogP contribution in [0.2, 0.25) is 0 Å². The minimum atomic E-state index is 0. The van der Waals surface area contributed by atoms with Crippen molar-refractivity contribution in [2.24, 2.45) is 0 Å². The van der Waals surface area contributed by atoms with Crippen LogP contribution in [0.3, 0.4) is 0 Å². The van der Waals surface area contributed by atoms with E-state index in [-0.39, 0.29) is 98.6 Å². The Labute approximate surface area is 179 Å². The maximum atomic E-state index is 2.00. The van der Waals surface area contributed by atoms with Crippen molar-refractivity contribution in [3.05, 3.63) is 7.43 Å². The van der Waals surface area contributed by atoms with Crippen molar-refractivity contribution in [3.63, 3.8) is 0 Å². The second-order valence-electron chi connectivity index (χ2n) is 0. The van der Waals surface area contributed by atoms with E-state index in [1.54, 1.807) is 0 Å². The van der Waals surface area contributed by atoms with Gasteiger partial charge in [-0.3, -0.25) is 0 Å². The molecule has 2 heteroatoms. The zero-order valence-corrected chi connectivity index (χ0v) is 18.7. The molecule has 0 heterocycles. The number of rotatable bonds is 0. The maximum Gasteiger partial charge on any atom is 0 e.